The van der Waals surface area contributed by atoms with Crippen LogP contribution in [0.5, 0.6) is 0 Å². The Labute approximate surface area is 201 Å². The molecular weight excluding hydrogens is 430 g/mol. The molecule has 162 valence electrons. The SMILES string of the molecule is S=C(N[C@@H]1CCCC[C@H]1[N+]#CS)NC(c1ccccc1)(c1ccccc1)c1ccccc1. The zero-order valence-corrected chi connectivity index (χ0v) is 19.7. The van der Waals surface area contributed by atoms with Gasteiger partial charge in [0, 0.05) is 6.42 Å². The summed E-state index contributed by atoms with van der Waals surface area (Å²) >= 11 is 10.00. The number of benzene rings is 3. The summed E-state index contributed by atoms with van der Waals surface area (Å²) in [5, 5.41) is 10.6. The molecule has 5 heteroatoms. The molecule has 0 amide bonds. The number of hydrogen-bond donors (Lipinski definition) is 3. The lowest BCUT2D eigenvalue weighted by molar-refractivity contribution is 0.389. The molecule has 2 N–H and O–H groups in total. The van der Waals surface area contributed by atoms with Crippen LogP contribution >= 0.6 is 24.8 Å². The molecule has 3 aromatic carbocycles. The summed E-state index contributed by atoms with van der Waals surface area (Å²) in [5.41, 5.74) is 2.76. The van der Waals surface area contributed by atoms with E-state index in [0.717, 1.165) is 29.5 Å². The van der Waals surface area contributed by atoms with Gasteiger partial charge < -0.3 is 10.6 Å². The minimum absolute atomic E-state index is 0.139. The van der Waals surface area contributed by atoms with E-state index in [4.69, 9.17) is 12.2 Å². The average Bonchev–Trinajstić information content (AvgIpc) is 2.85. The van der Waals surface area contributed by atoms with Crippen LogP contribution in [-0.2, 0) is 5.54 Å². The molecule has 3 aromatic rings. The molecule has 1 fully saturated rings. The second-order valence-electron chi connectivity index (χ2n) is 8.13. The van der Waals surface area contributed by atoms with Gasteiger partial charge in [-0.15, -0.1) is 0 Å². The number of thiol groups is 1. The maximum absolute atomic E-state index is 5.92. The van der Waals surface area contributed by atoms with Gasteiger partial charge in [-0.25, -0.2) is 0 Å². The first-order valence-corrected chi connectivity index (χ1v) is 11.9. The lowest BCUT2D eigenvalue weighted by atomic mass is 9.77. The van der Waals surface area contributed by atoms with Gasteiger partial charge in [-0.3, -0.25) is 0 Å². The Morgan fingerprint density at radius 3 is 1.75 bits per heavy atom. The average molecular weight is 459 g/mol. The van der Waals surface area contributed by atoms with Gasteiger partial charge in [-0.1, -0.05) is 102 Å². The van der Waals surface area contributed by atoms with E-state index < -0.39 is 5.54 Å². The first-order chi connectivity index (χ1) is 15.7. The molecule has 1 saturated carbocycles. The fraction of sp³-hybridized carbons (Fsp3) is 0.259. The highest BCUT2D eigenvalue weighted by molar-refractivity contribution is 7.85. The first-order valence-electron chi connectivity index (χ1n) is 11.1. The number of hydrogen-bond acceptors (Lipinski definition) is 2. The molecule has 0 aliphatic heterocycles. The molecular formula is C27H28N3S2+. The lowest BCUT2D eigenvalue weighted by Gasteiger charge is -2.38. The van der Waals surface area contributed by atoms with Gasteiger partial charge in [0.25, 0.3) is 6.04 Å². The van der Waals surface area contributed by atoms with Gasteiger partial charge >= 0.3 is 5.40 Å². The number of nitrogens with one attached hydrogen (secondary N) is 2. The Morgan fingerprint density at radius 1 is 0.812 bits per heavy atom. The van der Waals surface area contributed by atoms with Gasteiger partial charge in [-0.05, 0) is 54.4 Å². The molecule has 3 nitrogen and oxygen atoms in total. The predicted molar refractivity (Wildman–Crippen MR) is 140 cm³/mol. The summed E-state index contributed by atoms with van der Waals surface area (Å²) < 4.78 is 0. The molecule has 32 heavy (non-hydrogen) atoms. The van der Waals surface area contributed by atoms with E-state index in [1.54, 1.807) is 0 Å². The molecule has 0 saturated heterocycles. The topological polar surface area (TPSA) is 28.4 Å². The Kier molecular flexibility index (Phi) is 7.47. The van der Waals surface area contributed by atoms with Crippen LogP contribution in [0.2, 0.25) is 0 Å². The number of thiocyanates is 1. The van der Waals surface area contributed by atoms with E-state index in [1.165, 1.54) is 12.8 Å². The maximum atomic E-state index is 5.92. The zero-order valence-electron chi connectivity index (χ0n) is 17.9. The van der Waals surface area contributed by atoms with Crippen LogP contribution in [0.15, 0.2) is 91.0 Å². The first kappa shape index (κ1) is 22.4. The summed E-state index contributed by atoms with van der Waals surface area (Å²) in [4.78, 5) is 4.45. The van der Waals surface area contributed by atoms with E-state index in [0.29, 0.717) is 5.11 Å². The van der Waals surface area contributed by atoms with Gasteiger partial charge in [0.1, 0.15) is 11.6 Å². The molecule has 0 bridgehead atoms. The van der Waals surface area contributed by atoms with E-state index in [2.05, 4.69) is 106 Å². The Morgan fingerprint density at radius 2 is 1.28 bits per heavy atom. The third-order valence-corrected chi connectivity index (χ3v) is 6.53. The quantitative estimate of drug-likeness (QED) is 0.190. The van der Waals surface area contributed by atoms with Crippen LogP contribution in [0.3, 0.4) is 0 Å². The number of thiocarbonyl (C=S) groups is 1. The van der Waals surface area contributed by atoms with E-state index >= 15 is 0 Å². The van der Waals surface area contributed by atoms with Crippen molar-refractivity contribution < 1.29 is 0 Å². The third kappa shape index (κ3) is 4.82. The minimum Gasteiger partial charge on any atom is -0.352 e. The van der Waals surface area contributed by atoms with Crippen molar-refractivity contribution in [2.75, 3.05) is 0 Å². The molecule has 0 radical (unpaired) electrons. The van der Waals surface area contributed by atoms with Crippen LogP contribution in [0.25, 0.3) is 4.85 Å². The summed E-state index contributed by atoms with van der Waals surface area (Å²) in [5.74, 6) is 0. The molecule has 2 atom stereocenters. The van der Waals surface area contributed by atoms with Crippen molar-refractivity contribution in [2.45, 2.75) is 43.3 Å². The fourth-order valence-electron chi connectivity index (χ4n) is 4.66. The molecule has 1 aliphatic carbocycles. The van der Waals surface area contributed by atoms with Gasteiger partial charge in [0.05, 0.1) is 0 Å². The lowest BCUT2D eigenvalue weighted by Crippen LogP contribution is -2.55. The number of nitrogens with zero attached hydrogens (tertiary/aromatic N) is 1. The standard InChI is InChI=1S/C27H27N3S2/c31-20-28-24-18-10-11-19-25(24)29-26(32)30-27(21-12-4-1-5-13-21,22-14-6-2-7-15-22)23-16-8-3-9-17-23/h1-9,12-17,24-25H,10-11,18-19H2,(H2,29,30,32)/p+1/t24-,25-/m1/s1. The monoisotopic (exact) mass is 458 g/mol. The van der Waals surface area contributed by atoms with Crippen LogP contribution in [0.4, 0.5) is 0 Å². The summed E-state index contributed by atoms with van der Waals surface area (Å²) in [6.45, 7) is 0. The van der Waals surface area contributed by atoms with E-state index in [-0.39, 0.29) is 12.1 Å². The summed E-state index contributed by atoms with van der Waals surface area (Å²) in [7, 11) is 0. The summed E-state index contributed by atoms with van der Waals surface area (Å²) in [6, 6.07) is 31.8. The molecule has 0 unspecified atom stereocenters. The van der Waals surface area contributed by atoms with E-state index in [9.17, 15) is 0 Å². The van der Waals surface area contributed by atoms with Crippen molar-refractivity contribution >= 4 is 30.0 Å². The molecule has 1 aliphatic rings. The van der Waals surface area contributed by atoms with Crippen molar-refractivity contribution in [2.24, 2.45) is 0 Å². The third-order valence-electron chi connectivity index (χ3n) is 6.19. The largest absolute Gasteiger partial charge is 0.352 e. The van der Waals surface area contributed by atoms with Gasteiger partial charge in [-0.2, -0.15) is 0 Å². The van der Waals surface area contributed by atoms with Crippen molar-refractivity contribution in [3.63, 3.8) is 0 Å². The second-order valence-corrected chi connectivity index (χ2v) is 8.74. The molecule has 0 heterocycles. The molecule has 0 spiro atoms. The molecule has 4 rings (SSSR count). The predicted octanol–water partition coefficient (Wildman–Crippen LogP) is 5.97. The van der Waals surface area contributed by atoms with Crippen molar-refractivity contribution in [1.82, 2.24) is 10.6 Å². The van der Waals surface area contributed by atoms with Crippen LogP contribution < -0.4 is 10.6 Å². The van der Waals surface area contributed by atoms with Crippen molar-refractivity contribution in [3.05, 3.63) is 113 Å². The van der Waals surface area contributed by atoms with Crippen LogP contribution in [0, 0.1) is 5.40 Å². The Balaban J connectivity index is 1.75. The highest BCUT2D eigenvalue weighted by Crippen LogP contribution is 2.36. The Hall–Kier alpha value is -2.81. The van der Waals surface area contributed by atoms with Gasteiger partial charge in [0.15, 0.2) is 5.11 Å². The minimum atomic E-state index is -0.628. The fourth-order valence-corrected chi connectivity index (χ4v) is 5.12. The van der Waals surface area contributed by atoms with Gasteiger partial charge in [0.2, 0.25) is 0 Å². The van der Waals surface area contributed by atoms with E-state index in [1.807, 2.05) is 18.2 Å². The summed E-state index contributed by atoms with van der Waals surface area (Å²) in [6.07, 6.45) is 4.39. The van der Waals surface area contributed by atoms with Crippen molar-refractivity contribution in [1.29, 1.82) is 0 Å². The second kappa shape index (κ2) is 10.7. The maximum Gasteiger partial charge on any atom is 0.343 e. The van der Waals surface area contributed by atoms with Crippen LogP contribution in [-0.4, -0.2) is 17.2 Å². The molecule has 0 aromatic heterocycles. The van der Waals surface area contributed by atoms with Crippen LogP contribution in [0.1, 0.15) is 42.4 Å². The highest BCUT2D eigenvalue weighted by Gasteiger charge is 2.39. The normalized spacial score (nSPS) is 18.2. The Bertz CT molecular complexity index is 979. The zero-order chi connectivity index (χ0) is 22.2. The smallest absolute Gasteiger partial charge is 0.343 e. The van der Waals surface area contributed by atoms with Crippen molar-refractivity contribution in [3.8, 4) is 5.40 Å². The number of rotatable bonds is 5. The highest BCUT2D eigenvalue weighted by atomic mass is 32.1.